The minimum Gasteiger partial charge on any atom is -0.507 e. The lowest BCUT2D eigenvalue weighted by Gasteiger charge is -2.22. The van der Waals surface area contributed by atoms with E-state index >= 15 is 0 Å². The molecule has 7 nitrogen and oxygen atoms in total. The van der Waals surface area contributed by atoms with E-state index in [0.29, 0.717) is 36.9 Å². The highest BCUT2D eigenvalue weighted by molar-refractivity contribution is 5.73. The van der Waals surface area contributed by atoms with E-state index in [1.165, 1.54) is 19.3 Å². The minimum atomic E-state index is -0.510. The maximum atomic E-state index is 10.2. The molecule has 0 radical (unpaired) electrons. The van der Waals surface area contributed by atoms with E-state index in [1.807, 2.05) is 19.1 Å². The molecule has 7 heteroatoms. The van der Waals surface area contributed by atoms with Gasteiger partial charge in [-0.1, -0.05) is 25.3 Å². The third-order valence-electron chi connectivity index (χ3n) is 6.02. The van der Waals surface area contributed by atoms with E-state index in [1.54, 1.807) is 6.07 Å². The van der Waals surface area contributed by atoms with Gasteiger partial charge in [0.2, 0.25) is 0 Å². The molecule has 1 aliphatic carbocycles. The Labute approximate surface area is 170 Å². The first-order valence-corrected chi connectivity index (χ1v) is 10.4. The zero-order chi connectivity index (χ0) is 20.4. The molecular formula is C22H29N3O4. The largest absolute Gasteiger partial charge is 0.507 e. The number of nitrogens with two attached hydrogens (primary N) is 1. The molecule has 1 saturated carbocycles. The predicted molar refractivity (Wildman–Crippen MR) is 109 cm³/mol. The number of fused-ring (bicyclic) bond motifs is 2. The van der Waals surface area contributed by atoms with Crippen molar-refractivity contribution >= 4 is 5.82 Å². The van der Waals surface area contributed by atoms with Crippen LogP contribution in [0.25, 0.3) is 11.3 Å². The first-order chi connectivity index (χ1) is 14.0. The molecule has 0 amide bonds. The molecule has 1 aromatic heterocycles. The van der Waals surface area contributed by atoms with Crippen molar-refractivity contribution in [2.75, 3.05) is 18.9 Å². The topological polar surface area (TPSA) is 111 Å². The Balaban J connectivity index is 0.000000249. The number of ether oxygens (including phenoxy) is 2. The van der Waals surface area contributed by atoms with Crippen LogP contribution in [0.3, 0.4) is 0 Å². The number of aryl methyl sites for hydroxylation is 1. The quantitative estimate of drug-likeness (QED) is 0.675. The molecule has 3 heterocycles. The van der Waals surface area contributed by atoms with E-state index in [4.69, 9.17) is 20.3 Å². The van der Waals surface area contributed by atoms with Crippen molar-refractivity contribution in [1.82, 2.24) is 10.2 Å². The molecule has 156 valence electrons. The van der Waals surface area contributed by atoms with Crippen LogP contribution in [-0.4, -0.2) is 39.7 Å². The van der Waals surface area contributed by atoms with E-state index in [0.717, 1.165) is 36.0 Å². The van der Waals surface area contributed by atoms with Crippen molar-refractivity contribution in [2.24, 2.45) is 0 Å². The lowest BCUT2D eigenvalue weighted by molar-refractivity contribution is -0.0417. The summed E-state index contributed by atoms with van der Waals surface area (Å²) in [6.07, 6.45) is 6.68. The number of aromatic hydroxyl groups is 1. The van der Waals surface area contributed by atoms with Crippen molar-refractivity contribution < 1.29 is 19.7 Å². The van der Waals surface area contributed by atoms with Crippen LogP contribution < -0.4 is 5.73 Å². The van der Waals surface area contributed by atoms with Gasteiger partial charge in [-0.2, -0.15) is 0 Å². The van der Waals surface area contributed by atoms with Gasteiger partial charge in [0.05, 0.1) is 19.3 Å². The normalized spacial score (nSPS) is 23.7. The summed E-state index contributed by atoms with van der Waals surface area (Å²) in [5.74, 6) is 0.568. The smallest absolute Gasteiger partial charge is 0.152 e. The average molecular weight is 399 g/mol. The van der Waals surface area contributed by atoms with Gasteiger partial charge >= 0.3 is 0 Å². The van der Waals surface area contributed by atoms with Crippen LogP contribution in [0.2, 0.25) is 0 Å². The van der Waals surface area contributed by atoms with Crippen LogP contribution >= 0.6 is 0 Å². The Morgan fingerprint density at radius 3 is 2.59 bits per heavy atom. The summed E-state index contributed by atoms with van der Waals surface area (Å²) >= 11 is 0. The molecule has 3 aliphatic rings. The Morgan fingerprint density at radius 2 is 1.97 bits per heavy atom. The summed E-state index contributed by atoms with van der Waals surface area (Å²) < 4.78 is 11.5. The second-order valence-electron chi connectivity index (χ2n) is 8.19. The number of rotatable bonds is 1. The summed E-state index contributed by atoms with van der Waals surface area (Å²) in [7, 11) is 0. The van der Waals surface area contributed by atoms with Crippen LogP contribution in [0.4, 0.5) is 5.82 Å². The van der Waals surface area contributed by atoms with E-state index in [9.17, 15) is 5.11 Å². The molecule has 2 aromatic rings. The molecule has 1 aromatic carbocycles. The highest BCUT2D eigenvalue weighted by Crippen LogP contribution is 2.47. The van der Waals surface area contributed by atoms with Gasteiger partial charge in [0.15, 0.2) is 5.82 Å². The van der Waals surface area contributed by atoms with Crippen molar-refractivity contribution in [3.63, 3.8) is 0 Å². The molecule has 2 fully saturated rings. The number of hydrogen-bond acceptors (Lipinski definition) is 7. The first-order valence-electron chi connectivity index (χ1n) is 10.4. The fourth-order valence-corrected chi connectivity index (χ4v) is 4.42. The van der Waals surface area contributed by atoms with Gasteiger partial charge in [0, 0.05) is 29.7 Å². The van der Waals surface area contributed by atoms with Gasteiger partial charge in [-0.3, -0.25) is 0 Å². The summed E-state index contributed by atoms with van der Waals surface area (Å²) in [4.78, 5) is 0. The monoisotopic (exact) mass is 399 g/mol. The van der Waals surface area contributed by atoms with E-state index in [2.05, 4.69) is 10.2 Å². The molecule has 2 aliphatic heterocycles. The Kier molecular flexibility index (Phi) is 5.72. The van der Waals surface area contributed by atoms with Gasteiger partial charge in [0.25, 0.3) is 0 Å². The van der Waals surface area contributed by atoms with Crippen molar-refractivity contribution in [3.05, 3.63) is 34.9 Å². The zero-order valence-electron chi connectivity index (χ0n) is 16.9. The number of aliphatic hydroxyl groups excluding tert-OH is 1. The summed E-state index contributed by atoms with van der Waals surface area (Å²) in [6, 6.07) is 5.50. The van der Waals surface area contributed by atoms with Crippen LogP contribution in [0, 0.1) is 6.92 Å². The zero-order valence-corrected chi connectivity index (χ0v) is 16.9. The van der Waals surface area contributed by atoms with Gasteiger partial charge in [-0.05, 0) is 37.5 Å². The highest BCUT2D eigenvalue weighted by Gasteiger charge is 2.47. The van der Waals surface area contributed by atoms with Crippen molar-refractivity contribution in [3.8, 4) is 17.0 Å². The molecule has 5 rings (SSSR count). The number of nitrogens with zero attached hydrogens (tertiary/aromatic N) is 2. The van der Waals surface area contributed by atoms with Crippen LogP contribution in [-0.2, 0) is 21.7 Å². The maximum absolute atomic E-state index is 10.2. The fourth-order valence-electron chi connectivity index (χ4n) is 4.42. The standard InChI is InChI=1S/C16H17N3O3.C6H12O/c1-9-2-3-10(12(20)6-9)14-11-7-22-16(4-5-21-8-16)13(11)15(17)19-18-14;7-6-4-2-1-3-5-6/h2-3,6,20H,4-5,7-8H2,1H3,(H2,17,19);6-7H,1-5H2. The molecule has 1 saturated heterocycles. The third kappa shape index (κ3) is 3.95. The highest BCUT2D eigenvalue weighted by atomic mass is 16.6. The lowest BCUT2D eigenvalue weighted by Crippen LogP contribution is -2.27. The second-order valence-corrected chi connectivity index (χ2v) is 8.19. The van der Waals surface area contributed by atoms with Crippen LogP contribution in [0.15, 0.2) is 18.2 Å². The molecular weight excluding hydrogens is 370 g/mol. The number of anilines is 1. The Morgan fingerprint density at radius 1 is 1.17 bits per heavy atom. The minimum absolute atomic E-state index is 0.0359. The van der Waals surface area contributed by atoms with Gasteiger partial charge in [-0.15, -0.1) is 10.2 Å². The average Bonchev–Trinajstić information content (AvgIpc) is 3.33. The van der Waals surface area contributed by atoms with Crippen LogP contribution in [0.1, 0.15) is 55.2 Å². The first kappa shape index (κ1) is 20.1. The second kappa shape index (κ2) is 8.26. The molecule has 1 atom stereocenters. The number of hydrogen-bond donors (Lipinski definition) is 3. The number of benzene rings is 1. The molecule has 0 bridgehead atoms. The van der Waals surface area contributed by atoms with Gasteiger partial charge in [-0.25, -0.2) is 0 Å². The van der Waals surface area contributed by atoms with E-state index < -0.39 is 5.60 Å². The van der Waals surface area contributed by atoms with Crippen LogP contribution in [0.5, 0.6) is 5.75 Å². The Hall–Kier alpha value is -2.22. The van der Waals surface area contributed by atoms with Crippen molar-refractivity contribution in [2.45, 2.75) is 63.8 Å². The fraction of sp³-hybridized carbons (Fsp3) is 0.545. The van der Waals surface area contributed by atoms with Crippen molar-refractivity contribution in [1.29, 1.82) is 0 Å². The SMILES string of the molecule is Cc1ccc(-c2nnc(N)c3c2COC32CCOC2)c(O)c1.OC1CCCCC1. The maximum Gasteiger partial charge on any atom is 0.152 e. The molecule has 1 spiro atoms. The van der Waals surface area contributed by atoms with Gasteiger partial charge in [0.1, 0.15) is 17.0 Å². The third-order valence-corrected chi connectivity index (χ3v) is 6.02. The van der Waals surface area contributed by atoms with E-state index in [-0.39, 0.29) is 11.9 Å². The number of nitrogen functional groups attached to an aromatic ring is 1. The number of aliphatic hydroxyl groups is 1. The lowest BCUT2D eigenvalue weighted by atomic mass is 9.90. The number of phenolic OH excluding ortho intramolecular Hbond substituents is 1. The number of aromatic nitrogens is 2. The molecule has 4 N–H and O–H groups in total. The summed E-state index contributed by atoms with van der Waals surface area (Å²) in [5, 5.41) is 27.4. The molecule has 29 heavy (non-hydrogen) atoms. The molecule has 1 unspecified atom stereocenters. The summed E-state index contributed by atoms with van der Waals surface area (Å²) in [5.41, 5.74) is 9.59. The number of phenols is 1. The van der Waals surface area contributed by atoms with Gasteiger partial charge < -0.3 is 25.4 Å². The Bertz CT molecular complexity index is 875. The summed E-state index contributed by atoms with van der Waals surface area (Å²) in [6.45, 7) is 3.46. The predicted octanol–water partition coefficient (Wildman–Crippen LogP) is 3.20.